The van der Waals surface area contributed by atoms with Crippen LogP contribution >= 0.6 is 0 Å². The van der Waals surface area contributed by atoms with Crippen molar-refractivity contribution in [2.45, 2.75) is 32.9 Å². The topological polar surface area (TPSA) is 84.7 Å². The summed E-state index contributed by atoms with van der Waals surface area (Å²) in [5, 5.41) is 11.1. The van der Waals surface area contributed by atoms with Gasteiger partial charge in [0.05, 0.1) is 24.5 Å². The lowest BCUT2D eigenvalue weighted by Gasteiger charge is -2.25. The second kappa shape index (κ2) is 9.73. The number of hydrogen-bond acceptors (Lipinski definition) is 5. The van der Waals surface area contributed by atoms with Crippen molar-refractivity contribution >= 4 is 17.4 Å². The fraction of sp³-hybridized carbons (Fsp3) is 0.269. The van der Waals surface area contributed by atoms with Crippen LogP contribution < -0.4 is 4.74 Å². The lowest BCUT2D eigenvalue weighted by atomic mass is 9.95. The number of aryl methyl sites for hydroxylation is 2. The minimum absolute atomic E-state index is 0.107. The maximum atomic E-state index is 13.1. The maximum absolute atomic E-state index is 13.1. The number of rotatable bonds is 8. The molecule has 0 saturated carbocycles. The number of aromatic nitrogens is 2. The maximum Gasteiger partial charge on any atom is 0.295 e. The number of aliphatic hydroxyl groups is 1. The quantitative estimate of drug-likeness (QED) is 0.321. The molecule has 1 amide bonds. The van der Waals surface area contributed by atoms with Gasteiger partial charge in [0.25, 0.3) is 11.7 Å². The third-order valence-electron chi connectivity index (χ3n) is 5.75. The number of likely N-dealkylation sites (tertiary alicyclic amines) is 1. The molecule has 7 heteroatoms. The van der Waals surface area contributed by atoms with E-state index in [1.165, 1.54) is 0 Å². The molecule has 1 aliphatic rings. The summed E-state index contributed by atoms with van der Waals surface area (Å²) in [6.07, 6.45) is 5.92. The van der Waals surface area contributed by atoms with Gasteiger partial charge in [-0.1, -0.05) is 42.0 Å². The standard InChI is InChI=1S/C26H27N3O4/c1-3-33-21-11-9-19(10-12-21)23-22(24(30)20-7-5-18(2)6-8-20)25(31)26(32)29(23)15-4-14-28-16-13-27-17-28/h5-13,16-17,23,30H,3-4,14-15H2,1-2H3/b24-22+. The number of hydrogen-bond donors (Lipinski definition) is 1. The number of benzene rings is 2. The molecule has 3 aromatic rings. The van der Waals surface area contributed by atoms with Gasteiger partial charge in [0, 0.05) is 31.0 Å². The second-order valence-electron chi connectivity index (χ2n) is 8.01. The minimum atomic E-state index is -0.676. The zero-order chi connectivity index (χ0) is 23.4. The molecular formula is C26H27N3O4. The number of carbonyl (C=O) groups is 2. The Morgan fingerprint density at radius 1 is 1.06 bits per heavy atom. The molecule has 0 aliphatic carbocycles. The first-order valence-electron chi connectivity index (χ1n) is 11.0. The van der Waals surface area contributed by atoms with Crippen LogP contribution in [0.15, 0.2) is 72.8 Å². The second-order valence-corrected chi connectivity index (χ2v) is 8.01. The van der Waals surface area contributed by atoms with Crippen LogP contribution in [-0.4, -0.2) is 44.4 Å². The average molecular weight is 446 g/mol. The van der Waals surface area contributed by atoms with Gasteiger partial charge < -0.3 is 19.3 Å². The number of ether oxygens (including phenoxy) is 1. The van der Waals surface area contributed by atoms with E-state index < -0.39 is 17.7 Å². The van der Waals surface area contributed by atoms with E-state index in [2.05, 4.69) is 4.98 Å². The van der Waals surface area contributed by atoms with Gasteiger partial charge in [0.15, 0.2) is 0 Å². The highest BCUT2D eigenvalue weighted by Crippen LogP contribution is 2.40. The summed E-state index contributed by atoms with van der Waals surface area (Å²) in [7, 11) is 0. The highest BCUT2D eigenvalue weighted by Gasteiger charge is 2.45. The van der Waals surface area contributed by atoms with E-state index in [9.17, 15) is 14.7 Å². The fourth-order valence-corrected chi connectivity index (χ4v) is 4.08. The van der Waals surface area contributed by atoms with Crippen LogP contribution in [0.25, 0.3) is 5.76 Å². The molecule has 1 aliphatic heterocycles. The molecule has 1 fully saturated rings. The van der Waals surface area contributed by atoms with E-state index in [-0.39, 0.29) is 11.3 Å². The first kappa shape index (κ1) is 22.3. The van der Waals surface area contributed by atoms with Crippen LogP contribution in [0.2, 0.25) is 0 Å². The van der Waals surface area contributed by atoms with E-state index in [0.29, 0.717) is 37.4 Å². The van der Waals surface area contributed by atoms with Crippen LogP contribution in [0.4, 0.5) is 0 Å². The van der Waals surface area contributed by atoms with Crippen LogP contribution in [0.5, 0.6) is 5.75 Å². The number of nitrogens with zero attached hydrogens (tertiary/aromatic N) is 3. The molecule has 170 valence electrons. The Morgan fingerprint density at radius 2 is 1.79 bits per heavy atom. The Hall–Kier alpha value is -3.87. The zero-order valence-electron chi connectivity index (χ0n) is 18.8. The summed E-state index contributed by atoms with van der Waals surface area (Å²) >= 11 is 0. The Labute approximate surface area is 192 Å². The molecule has 2 aromatic carbocycles. The Bertz CT molecular complexity index is 1150. The molecule has 2 heterocycles. The minimum Gasteiger partial charge on any atom is -0.507 e. The van der Waals surface area contributed by atoms with Gasteiger partial charge in [0.2, 0.25) is 0 Å². The van der Waals surface area contributed by atoms with E-state index >= 15 is 0 Å². The van der Waals surface area contributed by atoms with Crippen molar-refractivity contribution in [3.63, 3.8) is 0 Å². The normalized spacial score (nSPS) is 17.5. The van der Waals surface area contributed by atoms with Gasteiger partial charge in [0.1, 0.15) is 11.5 Å². The monoisotopic (exact) mass is 445 g/mol. The number of imidazole rings is 1. The lowest BCUT2D eigenvalue weighted by molar-refractivity contribution is -0.139. The molecule has 0 spiro atoms. The molecule has 0 radical (unpaired) electrons. The van der Waals surface area contributed by atoms with Crippen molar-refractivity contribution in [1.29, 1.82) is 0 Å². The van der Waals surface area contributed by atoms with Crippen molar-refractivity contribution in [2.75, 3.05) is 13.2 Å². The van der Waals surface area contributed by atoms with Crippen LogP contribution in [0, 0.1) is 6.92 Å². The smallest absolute Gasteiger partial charge is 0.295 e. The summed E-state index contributed by atoms with van der Waals surface area (Å²) in [5.41, 5.74) is 2.40. The molecule has 1 unspecified atom stereocenters. The highest BCUT2D eigenvalue weighted by molar-refractivity contribution is 6.46. The lowest BCUT2D eigenvalue weighted by Crippen LogP contribution is -2.31. The average Bonchev–Trinajstić information content (AvgIpc) is 3.42. The summed E-state index contributed by atoms with van der Waals surface area (Å²) in [6, 6.07) is 13.9. The van der Waals surface area contributed by atoms with Gasteiger partial charge in [-0.25, -0.2) is 4.98 Å². The van der Waals surface area contributed by atoms with Crippen molar-refractivity contribution in [2.24, 2.45) is 0 Å². The largest absolute Gasteiger partial charge is 0.507 e. The van der Waals surface area contributed by atoms with Gasteiger partial charge >= 0.3 is 0 Å². The van der Waals surface area contributed by atoms with Gasteiger partial charge in [-0.15, -0.1) is 0 Å². The Morgan fingerprint density at radius 3 is 2.42 bits per heavy atom. The molecule has 0 bridgehead atoms. The molecular weight excluding hydrogens is 418 g/mol. The number of Topliss-reactive ketones (excluding diaryl/α,β-unsaturated/α-hetero) is 1. The van der Waals surface area contributed by atoms with E-state index in [0.717, 1.165) is 11.1 Å². The molecule has 1 atom stereocenters. The van der Waals surface area contributed by atoms with E-state index in [1.54, 1.807) is 29.6 Å². The predicted molar refractivity (Wildman–Crippen MR) is 125 cm³/mol. The summed E-state index contributed by atoms with van der Waals surface area (Å²) in [4.78, 5) is 31.7. The molecule has 33 heavy (non-hydrogen) atoms. The molecule has 1 aromatic heterocycles. The SMILES string of the molecule is CCOc1ccc(C2/C(=C(\O)c3ccc(C)cc3)C(=O)C(=O)N2CCCn2ccnc2)cc1. The Balaban J connectivity index is 1.71. The van der Waals surface area contributed by atoms with Crippen LogP contribution in [0.1, 0.15) is 36.1 Å². The summed E-state index contributed by atoms with van der Waals surface area (Å²) in [5.74, 6) is -0.732. The van der Waals surface area contributed by atoms with E-state index in [4.69, 9.17) is 4.74 Å². The fourth-order valence-electron chi connectivity index (χ4n) is 4.08. The number of ketones is 1. The highest BCUT2D eigenvalue weighted by atomic mass is 16.5. The first-order chi connectivity index (χ1) is 16.0. The summed E-state index contributed by atoms with van der Waals surface area (Å²) < 4.78 is 7.46. The zero-order valence-corrected chi connectivity index (χ0v) is 18.8. The Kier molecular flexibility index (Phi) is 6.58. The van der Waals surface area contributed by atoms with E-state index in [1.807, 2.05) is 61.0 Å². The molecule has 1 N–H and O–H groups in total. The molecule has 7 nitrogen and oxygen atoms in total. The van der Waals surface area contributed by atoms with Crippen molar-refractivity contribution < 1.29 is 19.4 Å². The first-order valence-corrected chi connectivity index (χ1v) is 11.0. The van der Waals surface area contributed by atoms with Crippen LogP contribution in [-0.2, 0) is 16.1 Å². The van der Waals surface area contributed by atoms with Gasteiger partial charge in [-0.05, 0) is 38.0 Å². The van der Waals surface area contributed by atoms with Gasteiger partial charge in [-0.2, -0.15) is 0 Å². The molecule has 1 saturated heterocycles. The van der Waals surface area contributed by atoms with Crippen LogP contribution in [0.3, 0.4) is 0 Å². The van der Waals surface area contributed by atoms with Gasteiger partial charge in [-0.3, -0.25) is 9.59 Å². The third-order valence-corrected chi connectivity index (χ3v) is 5.75. The van der Waals surface area contributed by atoms with Crippen molar-refractivity contribution in [3.05, 3.63) is 89.5 Å². The van der Waals surface area contributed by atoms with Crippen molar-refractivity contribution in [1.82, 2.24) is 14.5 Å². The summed E-state index contributed by atoms with van der Waals surface area (Å²) in [6.45, 7) is 5.43. The number of carbonyl (C=O) groups excluding carboxylic acids is 2. The van der Waals surface area contributed by atoms with Crippen molar-refractivity contribution in [3.8, 4) is 5.75 Å². The molecule has 4 rings (SSSR count). The predicted octanol–water partition coefficient (Wildman–Crippen LogP) is 4.10. The number of amides is 1. The number of aliphatic hydroxyl groups excluding tert-OH is 1. The third kappa shape index (κ3) is 4.67.